The first kappa shape index (κ1) is 18.3. The summed E-state index contributed by atoms with van der Waals surface area (Å²) >= 11 is 0. The second kappa shape index (κ2) is 9.28. The van der Waals surface area contributed by atoms with Crippen molar-refractivity contribution in [3.63, 3.8) is 0 Å². The van der Waals surface area contributed by atoms with Gasteiger partial charge in [-0.1, -0.05) is 31.5 Å². The molecule has 0 aliphatic rings. The van der Waals surface area contributed by atoms with Gasteiger partial charge in [0.2, 0.25) is 0 Å². The van der Waals surface area contributed by atoms with E-state index in [1.165, 1.54) is 5.56 Å². The topological polar surface area (TPSA) is 34.6 Å². The Balaban J connectivity index is 2.15. The van der Waals surface area contributed by atoms with Crippen LogP contribution in [-0.4, -0.2) is 30.6 Å². The Kier molecular flexibility index (Phi) is 7.07. The fraction of sp³-hybridized carbons (Fsp3) is 0.450. The molecule has 1 heterocycles. The van der Waals surface area contributed by atoms with Crippen molar-refractivity contribution in [2.75, 3.05) is 20.8 Å². The Morgan fingerprint density at radius 3 is 2.71 bits per heavy atom. The average molecular weight is 328 g/mol. The molecule has 0 unspecified atom stereocenters. The highest BCUT2D eigenvalue weighted by Crippen LogP contribution is 2.33. The summed E-state index contributed by atoms with van der Waals surface area (Å²) in [4.78, 5) is 6.51. The molecule has 0 fully saturated rings. The molecule has 4 nitrogen and oxygen atoms in total. The van der Waals surface area contributed by atoms with Crippen molar-refractivity contribution >= 4 is 0 Å². The number of pyridine rings is 1. The van der Waals surface area contributed by atoms with Gasteiger partial charge in [0, 0.05) is 30.5 Å². The molecule has 0 spiro atoms. The van der Waals surface area contributed by atoms with Crippen molar-refractivity contribution in [2.24, 2.45) is 0 Å². The number of methoxy groups -OCH3 is 1. The van der Waals surface area contributed by atoms with E-state index in [9.17, 15) is 0 Å². The third-order valence-corrected chi connectivity index (χ3v) is 4.27. The molecule has 0 saturated carbocycles. The lowest BCUT2D eigenvalue weighted by atomic mass is 10.1. The monoisotopic (exact) mass is 328 g/mol. The molecule has 0 amide bonds. The van der Waals surface area contributed by atoms with Gasteiger partial charge in [-0.2, -0.15) is 0 Å². The second-order valence-electron chi connectivity index (χ2n) is 6.03. The fourth-order valence-electron chi connectivity index (χ4n) is 2.61. The van der Waals surface area contributed by atoms with Crippen molar-refractivity contribution in [3.8, 4) is 11.5 Å². The lowest BCUT2D eigenvalue weighted by molar-refractivity contribution is 0.239. The molecular formula is C20H28N2O2. The normalized spacial score (nSPS) is 12.2. The lowest BCUT2D eigenvalue weighted by Crippen LogP contribution is -2.22. The maximum Gasteiger partial charge on any atom is 0.165 e. The number of nitrogens with zero attached hydrogens (tertiary/aromatic N) is 2. The number of para-hydroxylation sites is 1. The average Bonchev–Trinajstić information content (AvgIpc) is 2.63. The standard InChI is InChI=1S/C20H28N2O2/c1-5-6-13-24-20-18(9-7-11-19(20)23-4)15-22(3)16(2)17-10-8-12-21-14-17/h7-12,14,16H,5-6,13,15H2,1-4H3/t16-/m1/s1. The van der Waals surface area contributed by atoms with Gasteiger partial charge in [-0.3, -0.25) is 9.88 Å². The van der Waals surface area contributed by atoms with E-state index in [4.69, 9.17) is 9.47 Å². The summed E-state index contributed by atoms with van der Waals surface area (Å²) in [6.07, 6.45) is 5.88. The van der Waals surface area contributed by atoms with Crippen molar-refractivity contribution in [1.82, 2.24) is 9.88 Å². The van der Waals surface area contributed by atoms with Gasteiger partial charge in [0.25, 0.3) is 0 Å². The van der Waals surface area contributed by atoms with Gasteiger partial charge >= 0.3 is 0 Å². The largest absolute Gasteiger partial charge is 0.493 e. The Labute approximate surface area is 145 Å². The molecule has 24 heavy (non-hydrogen) atoms. The predicted octanol–water partition coefficient (Wildman–Crippen LogP) is 4.46. The summed E-state index contributed by atoms with van der Waals surface area (Å²) in [6.45, 7) is 5.85. The van der Waals surface area contributed by atoms with Crippen LogP contribution in [-0.2, 0) is 6.54 Å². The van der Waals surface area contributed by atoms with Crippen molar-refractivity contribution < 1.29 is 9.47 Å². The molecule has 1 aromatic heterocycles. The van der Waals surface area contributed by atoms with Crippen molar-refractivity contribution in [1.29, 1.82) is 0 Å². The number of benzene rings is 1. The summed E-state index contributed by atoms with van der Waals surface area (Å²) in [5.41, 5.74) is 2.35. The molecule has 0 bridgehead atoms. The van der Waals surface area contributed by atoms with E-state index in [-0.39, 0.29) is 6.04 Å². The molecule has 130 valence electrons. The summed E-state index contributed by atoms with van der Waals surface area (Å²) in [5, 5.41) is 0. The van der Waals surface area contributed by atoms with Crippen LogP contribution in [0.15, 0.2) is 42.7 Å². The van der Waals surface area contributed by atoms with E-state index in [0.29, 0.717) is 6.61 Å². The van der Waals surface area contributed by atoms with Crippen LogP contribution in [0.5, 0.6) is 11.5 Å². The SMILES string of the molecule is CCCCOc1c(CN(C)[C@H](C)c2cccnc2)cccc1OC. The third kappa shape index (κ3) is 4.71. The zero-order valence-corrected chi connectivity index (χ0v) is 15.2. The quantitative estimate of drug-likeness (QED) is 0.636. The van der Waals surface area contributed by atoms with Crippen LogP contribution in [0.2, 0.25) is 0 Å². The summed E-state index contributed by atoms with van der Waals surface area (Å²) < 4.78 is 11.5. The Morgan fingerprint density at radius 1 is 1.21 bits per heavy atom. The van der Waals surface area contributed by atoms with Crippen LogP contribution in [0.3, 0.4) is 0 Å². The molecule has 0 aliphatic carbocycles. The van der Waals surface area contributed by atoms with Crippen LogP contribution >= 0.6 is 0 Å². The van der Waals surface area contributed by atoms with Gasteiger partial charge in [-0.15, -0.1) is 0 Å². The van der Waals surface area contributed by atoms with Gasteiger partial charge in [0.05, 0.1) is 13.7 Å². The molecule has 1 atom stereocenters. The minimum absolute atomic E-state index is 0.272. The van der Waals surface area contributed by atoms with Gasteiger partial charge in [-0.25, -0.2) is 0 Å². The van der Waals surface area contributed by atoms with E-state index < -0.39 is 0 Å². The molecule has 0 saturated heterocycles. The summed E-state index contributed by atoms with van der Waals surface area (Å²) in [6, 6.07) is 10.4. The Hall–Kier alpha value is -2.07. The van der Waals surface area contributed by atoms with Gasteiger partial charge in [-0.05, 0) is 38.1 Å². The van der Waals surface area contributed by atoms with Crippen LogP contribution in [0.25, 0.3) is 0 Å². The first-order chi connectivity index (χ1) is 11.7. The van der Waals surface area contributed by atoms with E-state index in [1.807, 2.05) is 24.4 Å². The fourth-order valence-corrected chi connectivity index (χ4v) is 2.61. The van der Waals surface area contributed by atoms with Crippen molar-refractivity contribution in [3.05, 3.63) is 53.9 Å². The third-order valence-electron chi connectivity index (χ3n) is 4.27. The van der Waals surface area contributed by atoms with Crippen LogP contribution < -0.4 is 9.47 Å². The molecule has 0 N–H and O–H groups in total. The molecule has 0 radical (unpaired) electrons. The number of ether oxygens (including phenoxy) is 2. The molecule has 2 aromatic rings. The van der Waals surface area contributed by atoms with Gasteiger partial charge < -0.3 is 9.47 Å². The minimum Gasteiger partial charge on any atom is -0.493 e. The highest BCUT2D eigenvalue weighted by molar-refractivity contribution is 5.46. The minimum atomic E-state index is 0.272. The smallest absolute Gasteiger partial charge is 0.165 e. The van der Waals surface area contributed by atoms with E-state index in [0.717, 1.165) is 36.4 Å². The van der Waals surface area contributed by atoms with E-state index >= 15 is 0 Å². The number of unbranched alkanes of at least 4 members (excludes halogenated alkanes) is 1. The first-order valence-electron chi connectivity index (χ1n) is 8.56. The summed E-state index contributed by atoms with van der Waals surface area (Å²) in [5.74, 6) is 1.66. The summed E-state index contributed by atoms with van der Waals surface area (Å²) in [7, 11) is 3.81. The van der Waals surface area contributed by atoms with Crippen molar-refractivity contribution in [2.45, 2.75) is 39.3 Å². The highest BCUT2D eigenvalue weighted by Gasteiger charge is 2.16. The number of hydrogen-bond donors (Lipinski definition) is 0. The Bertz CT molecular complexity index is 616. The van der Waals surface area contributed by atoms with E-state index in [2.05, 4.69) is 42.9 Å². The van der Waals surface area contributed by atoms with E-state index in [1.54, 1.807) is 13.3 Å². The number of hydrogen-bond acceptors (Lipinski definition) is 4. The number of rotatable bonds is 9. The predicted molar refractivity (Wildman–Crippen MR) is 97.5 cm³/mol. The molecule has 0 aliphatic heterocycles. The molecule has 1 aromatic carbocycles. The second-order valence-corrected chi connectivity index (χ2v) is 6.03. The zero-order valence-electron chi connectivity index (χ0n) is 15.2. The zero-order chi connectivity index (χ0) is 17.4. The van der Waals surface area contributed by atoms with Gasteiger partial charge in [0.1, 0.15) is 0 Å². The van der Waals surface area contributed by atoms with Crippen LogP contribution in [0.4, 0.5) is 0 Å². The first-order valence-corrected chi connectivity index (χ1v) is 8.56. The maximum absolute atomic E-state index is 6.02. The molecule has 2 rings (SSSR count). The maximum atomic E-state index is 6.02. The number of aromatic nitrogens is 1. The van der Waals surface area contributed by atoms with Gasteiger partial charge in [0.15, 0.2) is 11.5 Å². The van der Waals surface area contributed by atoms with Crippen LogP contribution in [0.1, 0.15) is 43.9 Å². The lowest BCUT2D eigenvalue weighted by Gasteiger charge is -2.26. The molecule has 4 heteroatoms. The molecular weight excluding hydrogens is 300 g/mol. The van der Waals surface area contributed by atoms with Crippen LogP contribution in [0, 0.1) is 0 Å². The Morgan fingerprint density at radius 2 is 2.04 bits per heavy atom. The highest BCUT2D eigenvalue weighted by atomic mass is 16.5.